The summed E-state index contributed by atoms with van der Waals surface area (Å²) in [6, 6.07) is 7.25. The normalized spacial score (nSPS) is 17.3. The first-order valence-electron chi connectivity index (χ1n) is 6.68. The van der Waals surface area contributed by atoms with Crippen LogP contribution in [-0.2, 0) is 4.79 Å². The molecule has 0 spiro atoms. The number of thiazole rings is 1. The zero-order chi connectivity index (χ0) is 15.3. The summed E-state index contributed by atoms with van der Waals surface area (Å²) in [5, 5.41) is 5.21. The zero-order valence-electron chi connectivity index (χ0n) is 11.2. The van der Waals surface area contributed by atoms with Gasteiger partial charge in [-0.25, -0.2) is 0 Å². The lowest BCUT2D eigenvalue weighted by molar-refractivity contribution is -0.116. The Morgan fingerprint density at radius 2 is 2.23 bits per heavy atom. The summed E-state index contributed by atoms with van der Waals surface area (Å²) in [6.45, 7) is 0. The number of halogens is 1. The molecule has 5 nitrogen and oxygen atoms in total. The molecule has 7 heteroatoms. The molecule has 0 aliphatic carbocycles. The molecular formula is C15H10ClN3O2S. The summed E-state index contributed by atoms with van der Waals surface area (Å²) in [4.78, 5) is 29.2. The van der Waals surface area contributed by atoms with Gasteiger partial charge in [0.15, 0.2) is 4.96 Å². The molecule has 1 aliphatic rings. The fraction of sp³-hybridized carbons (Fsp3) is 0.133. The van der Waals surface area contributed by atoms with Crippen LogP contribution in [0, 0.1) is 0 Å². The smallest absolute Gasteiger partial charge is 0.279 e. The van der Waals surface area contributed by atoms with Crippen molar-refractivity contribution in [3.05, 3.63) is 62.3 Å². The SMILES string of the molecule is O=C1C[C@H](c2cccc(Cl)c2)c2c(n3ccsc3nc2=O)N1. The fourth-order valence-corrected chi connectivity index (χ4v) is 3.73. The maximum absolute atomic E-state index is 12.4. The first kappa shape index (κ1) is 13.5. The van der Waals surface area contributed by atoms with Crippen LogP contribution in [0.3, 0.4) is 0 Å². The summed E-state index contributed by atoms with van der Waals surface area (Å²) in [5.74, 6) is 0.0554. The first-order chi connectivity index (χ1) is 10.6. The molecule has 1 aromatic carbocycles. The second kappa shape index (κ2) is 4.93. The van der Waals surface area contributed by atoms with Crippen molar-refractivity contribution >= 4 is 39.6 Å². The van der Waals surface area contributed by atoms with Gasteiger partial charge in [0.05, 0.1) is 5.56 Å². The number of fused-ring (bicyclic) bond motifs is 3. The number of hydrogen-bond donors (Lipinski definition) is 1. The summed E-state index contributed by atoms with van der Waals surface area (Å²) in [5.41, 5.74) is 1.05. The van der Waals surface area contributed by atoms with Crippen molar-refractivity contribution in [3.8, 4) is 0 Å². The predicted molar refractivity (Wildman–Crippen MR) is 85.9 cm³/mol. The third-order valence-corrected chi connectivity index (χ3v) is 4.75. The third kappa shape index (κ3) is 2.03. The minimum absolute atomic E-state index is 0.122. The highest BCUT2D eigenvalue weighted by Gasteiger charge is 2.31. The monoisotopic (exact) mass is 331 g/mol. The number of hydrogen-bond acceptors (Lipinski definition) is 4. The van der Waals surface area contributed by atoms with Crippen molar-refractivity contribution in [1.29, 1.82) is 0 Å². The minimum Gasteiger partial charge on any atom is -0.311 e. The lowest BCUT2D eigenvalue weighted by Gasteiger charge is -2.25. The molecule has 1 atom stereocenters. The van der Waals surface area contributed by atoms with E-state index < -0.39 is 0 Å². The van der Waals surface area contributed by atoms with Crippen LogP contribution >= 0.6 is 22.9 Å². The highest BCUT2D eigenvalue weighted by atomic mass is 35.5. The van der Waals surface area contributed by atoms with E-state index in [9.17, 15) is 9.59 Å². The average Bonchev–Trinajstić information content (AvgIpc) is 2.94. The molecule has 0 bridgehead atoms. The van der Waals surface area contributed by atoms with Gasteiger partial charge < -0.3 is 5.32 Å². The molecule has 3 aromatic rings. The Balaban J connectivity index is 2.01. The number of anilines is 1. The van der Waals surface area contributed by atoms with Crippen molar-refractivity contribution in [2.75, 3.05) is 5.32 Å². The maximum atomic E-state index is 12.4. The Morgan fingerprint density at radius 1 is 1.36 bits per heavy atom. The first-order valence-corrected chi connectivity index (χ1v) is 7.94. The van der Waals surface area contributed by atoms with Crippen LogP contribution in [-0.4, -0.2) is 15.3 Å². The summed E-state index contributed by atoms with van der Waals surface area (Å²) >= 11 is 7.40. The van der Waals surface area contributed by atoms with E-state index in [1.54, 1.807) is 22.7 Å². The summed E-state index contributed by atoms with van der Waals surface area (Å²) in [6.07, 6.45) is 2.01. The lowest BCUT2D eigenvalue weighted by atomic mass is 9.87. The maximum Gasteiger partial charge on any atom is 0.279 e. The van der Waals surface area contributed by atoms with Crippen molar-refractivity contribution in [2.24, 2.45) is 0 Å². The average molecular weight is 332 g/mol. The van der Waals surface area contributed by atoms with Crippen LogP contribution in [0.25, 0.3) is 4.96 Å². The lowest BCUT2D eigenvalue weighted by Crippen LogP contribution is -2.31. The fourth-order valence-electron chi connectivity index (χ4n) is 2.82. The number of benzene rings is 1. The molecule has 0 fully saturated rings. The van der Waals surface area contributed by atoms with Gasteiger partial charge in [-0.15, -0.1) is 11.3 Å². The van der Waals surface area contributed by atoms with Gasteiger partial charge in [0, 0.05) is 28.9 Å². The largest absolute Gasteiger partial charge is 0.311 e. The van der Waals surface area contributed by atoms with Crippen molar-refractivity contribution < 1.29 is 4.79 Å². The number of nitrogens with zero attached hydrogens (tertiary/aromatic N) is 2. The van der Waals surface area contributed by atoms with Gasteiger partial charge in [0.1, 0.15) is 5.82 Å². The molecule has 1 aliphatic heterocycles. The molecule has 1 amide bonds. The number of carbonyl (C=O) groups excluding carboxylic acids is 1. The molecule has 3 heterocycles. The Morgan fingerprint density at radius 3 is 3.05 bits per heavy atom. The van der Waals surface area contributed by atoms with Gasteiger partial charge in [-0.3, -0.25) is 14.0 Å². The van der Waals surface area contributed by atoms with Gasteiger partial charge in [0.2, 0.25) is 5.91 Å². The van der Waals surface area contributed by atoms with E-state index in [0.717, 1.165) is 5.56 Å². The van der Waals surface area contributed by atoms with Gasteiger partial charge in [-0.1, -0.05) is 23.7 Å². The van der Waals surface area contributed by atoms with E-state index in [1.165, 1.54) is 11.3 Å². The van der Waals surface area contributed by atoms with Crippen molar-refractivity contribution in [1.82, 2.24) is 9.38 Å². The number of amides is 1. The second-order valence-electron chi connectivity index (χ2n) is 5.09. The van der Waals surface area contributed by atoms with Crippen LogP contribution in [0.1, 0.15) is 23.5 Å². The Bertz CT molecular complexity index is 963. The van der Waals surface area contributed by atoms with Crippen LogP contribution in [0.4, 0.5) is 5.82 Å². The minimum atomic E-state index is -0.334. The van der Waals surface area contributed by atoms with Crippen LogP contribution in [0.15, 0.2) is 40.6 Å². The predicted octanol–water partition coefficient (Wildman–Crippen LogP) is 2.88. The standard InChI is InChI=1S/C15H10ClN3O2S/c16-9-3-1-2-8(6-9)10-7-11(20)17-13-12(10)14(21)18-15-19(13)4-5-22-15/h1-6,10H,7H2,(H,17,20)/t10-/m1/s1. The van der Waals surface area contributed by atoms with E-state index in [2.05, 4.69) is 10.3 Å². The highest BCUT2D eigenvalue weighted by Crippen LogP contribution is 2.36. The number of carbonyl (C=O) groups is 1. The number of rotatable bonds is 1. The number of aromatic nitrogens is 2. The number of nitrogens with one attached hydrogen (secondary N) is 1. The zero-order valence-corrected chi connectivity index (χ0v) is 12.8. The molecule has 4 rings (SSSR count). The van der Waals surface area contributed by atoms with Gasteiger partial charge >= 0.3 is 0 Å². The van der Waals surface area contributed by atoms with E-state index in [1.807, 2.05) is 17.5 Å². The summed E-state index contributed by atoms with van der Waals surface area (Å²) in [7, 11) is 0. The molecule has 0 saturated carbocycles. The van der Waals surface area contributed by atoms with Gasteiger partial charge in [0.25, 0.3) is 5.56 Å². The van der Waals surface area contributed by atoms with E-state index in [4.69, 9.17) is 11.6 Å². The van der Waals surface area contributed by atoms with E-state index in [-0.39, 0.29) is 23.8 Å². The van der Waals surface area contributed by atoms with E-state index in [0.29, 0.717) is 21.4 Å². The topological polar surface area (TPSA) is 63.5 Å². The van der Waals surface area contributed by atoms with Crippen LogP contribution in [0.2, 0.25) is 5.02 Å². The second-order valence-corrected chi connectivity index (χ2v) is 6.40. The van der Waals surface area contributed by atoms with Gasteiger partial charge in [-0.05, 0) is 17.7 Å². The van der Waals surface area contributed by atoms with Crippen LogP contribution in [0.5, 0.6) is 0 Å². The molecule has 0 radical (unpaired) electrons. The third-order valence-electron chi connectivity index (χ3n) is 3.76. The molecule has 1 N–H and O–H groups in total. The molecule has 0 unspecified atom stereocenters. The molecular weight excluding hydrogens is 322 g/mol. The Labute approximate surface area is 134 Å². The quantitative estimate of drug-likeness (QED) is 0.745. The molecule has 2 aromatic heterocycles. The van der Waals surface area contributed by atoms with Crippen molar-refractivity contribution in [2.45, 2.75) is 12.3 Å². The van der Waals surface area contributed by atoms with Crippen LogP contribution < -0.4 is 10.9 Å². The van der Waals surface area contributed by atoms with E-state index >= 15 is 0 Å². The summed E-state index contributed by atoms with van der Waals surface area (Å²) < 4.78 is 1.75. The molecule has 22 heavy (non-hydrogen) atoms. The van der Waals surface area contributed by atoms with Crippen molar-refractivity contribution in [3.63, 3.8) is 0 Å². The van der Waals surface area contributed by atoms with Gasteiger partial charge in [-0.2, -0.15) is 4.98 Å². The highest BCUT2D eigenvalue weighted by molar-refractivity contribution is 7.15. The Hall–Kier alpha value is -2.18. The molecule has 110 valence electrons. The Kier molecular flexibility index (Phi) is 3.02. The molecule has 0 saturated heterocycles.